The smallest absolute Gasteiger partial charge is 0.0778 e. The van der Waals surface area contributed by atoms with Crippen molar-refractivity contribution in [3.05, 3.63) is 35.4 Å². The minimum Gasteiger partial charge on any atom is -0.389 e. The van der Waals surface area contributed by atoms with Crippen LogP contribution in [0, 0.1) is 0 Å². The molecule has 1 unspecified atom stereocenters. The second-order valence-corrected chi connectivity index (χ2v) is 5.69. The van der Waals surface area contributed by atoms with Crippen LogP contribution in [-0.4, -0.2) is 22.2 Å². The molecule has 0 aliphatic carbocycles. The van der Waals surface area contributed by atoms with Crippen molar-refractivity contribution in [1.82, 2.24) is 0 Å². The fraction of sp³-hybridized carbons (Fsp3) is 0.538. The molecule has 0 amide bonds. The number of nitrogens with two attached hydrogens (primary N) is 1. The number of rotatable bonds is 3. The second kappa shape index (κ2) is 5.21. The van der Waals surface area contributed by atoms with E-state index in [2.05, 4.69) is 12.1 Å². The third-order valence-electron chi connectivity index (χ3n) is 3.06. The van der Waals surface area contributed by atoms with E-state index < -0.39 is 5.60 Å². The maximum atomic E-state index is 10.4. The van der Waals surface area contributed by atoms with Crippen molar-refractivity contribution in [3.63, 3.8) is 0 Å². The molecule has 2 rings (SSSR count). The highest BCUT2D eigenvalue weighted by molar-refractivity contribution is 7.99. The molecule has 16 heavy (non-hydrogen) atoms. The van der Waals surface area contributed by atoms with Crippen molar-refractivity contribution in [2.24, 2.45) is 5.73 Å². The maximum absolute atomic E-state index is 10.4. The summed E-state index contributed by atoms with van der Waals surface area (Å²) in [6, 6.07) is 8.24. The highest BCUT2D eigenvalue weighted by Crippen LogP contribution is 2.29. The minimum absolute atomic E-state index is 0.504. The lowest BCUT2D eigenvalue weighted by molar-refractivity contribution is 0.0530. The zero-order valence-corrected chi connectivity index (χ0v) is 10.3. The molecule has 1 heterocycles. The molecule has 1 aliphatic rings. The Hall–Kier alpha value is -0.510. The lowest BCUT2D eigenvalue weighted by atomic mass is 9.91. The predicted octanol–water partition coefficient (Wildman–Crippen LogP) is 1.95. The summed E-state index contributed by atoms with van der Waals surface area (Å²) in [5, 5.41) is 10.4. The van der Waals surface area contributed by atoms with Gasteiger partial charge in [0, 0.05) is 18.7 Å². The molecule has 1 aromatic rings. The summed E-state index contributed by atoms with van der Waals surface area (Å²) >= 11 is 1.86. The van der Waals surface area contributed by atoms with Gasteiger partial charge in [-0.3, -0.25) is 0 Å². The number of aliphatic hydroxyl groups is 1. The second-order valence-electron chi connectivity index (χ2n) is 4.58. The molecule has 1 aromatic carbocycles. The number of hydrogen-bond donors (Lipinski definition) is 2. The van der Waals surface area contributed by atoms with Gasteiger partial charge in [0.2, 0.25) is 0 Å². The van der Waals surface area contributed by atoms with Crippen LogP contribution in [0.15, 0.2) is 24.3 Å². The average molecular weight is 237 g/mol. The molecule has 1 aliphatic heterocycles. The highest BCUT2D eigenvalue weighted by Gasteiger charge is 2.29. The first kappa shape index (κ1) is 12.0. The van der Waals surface area contributed by atoms with E-state index >= 15 is 0 Å². The fourth-order valence-electron chi connectivity index (χ4n) is 2.22. The summed E-state index contributed by atoms with van der Waals surface area (Å²) in [7, 11) is 0. The van der Waals surface area contributed by atoms with E-state index in [1.54, 1.807) is 0 Å². The summed E-state index contributed by atoms with van der Waals surface area (Å²) in [6.07, 6.45) is 2.80. The first-order valence-electron chi connectivity index (χ1n) is 5.80. The van der Waals surface area contributed by atoms with Gasteiger partial charge in [-0.2, -0.15) is 11.8 Å². The van der Waals surface area contributed by atoms with Crippen molar-refractivity contribution in [1.29, 1.82) is 0 Å². The van der Waals surface area contributed by atoms with E-state index in [4.69, 9.17) is 5.73 Å². The van der Waals surface area contributed by atoms with Gasteiger partial charge >= 0.3 is 0 Å². The molecule has 0 aromatic heterocycles. The van der Waals surface area contributed by atoms with Crippen LogP contribution in [0.2, 0.25) is 0 Å². The third kappa shape index (κ3) is 3.00. The Bertz CT molecular complexity index is 348. The van der Waals surface area contributed by atoms with Gasteiger partial charge in [0.05, 0.1) is 5.60 Å². The molecule has 0 radical (unpaired) electrons. The van der Waals surface area contributed by atoms with Crippen molar-refractivity contribution in [3.8, 4) is 0 Å². The summed E-state index contributed by atoms with van der Waals surface area (Å²) in [4.78, 5) is 0. The molecule has 3 heteroatoms. The van der Waals surface area contributed by atoms with Gasteiger partial charge in [0.1, 0.15) is 0 Å². The Kier molecular flexibility index (Phi) is 3.90. The number of thioether (sulfide) groups is 1. The quantitative estimate of drug-likeness (QED) is 0.844. The Labute approximate surface area is 101 Å². The standard InChI is InChI=1S/C13H19NOS/c14-9-12-4-1-3-11(7-12)8-13(15)5-2-6-16-10-13/h1,3-4,7,15H,2,5-6,8-10,14H2. The molecular formula is C13H19NOS. The normalized spacial score (nSPS) is 25.6. The van der Waals surface area contributed by atoms with Crippen LogP contribution in [-0.2, 0) is 13.0 Å². The lowest BCUT2D eigenvalue weighted by Gasteiger charge is -2.31. The summed E-state index contributed by atoms with van der Waals surface area (Å²) in [5.41, 5.74) is 7.46. The topological polar surface area (TPSA) is 46.2 Å². The molecule has 2 nitrogen and oxygen atoms in total. The lowest BCUT2D eigenvalue weighted by Crippen LogP contribution is -2.37. The van der Waals surface area contributed by atoms with E-state index in [1.165, 1.54) is 11.3 Å². The van der Waals surface area contributed by atoms with Crippen molar-refractivity contribution in [2.45, 2.75) is 31.4 Å². The first-order chi connectivity index (χ1) is 7.72. The van der Waals surface area contributed by atoms with E-state index in [-0.39, 0.29) is 0 Å². The molecule has 0 bridgehead atoms. The third-order valence-corrected chi connectivity index (χ3v) is 4.38. The van der Waals surface area contributed by atoms with Gasteiger partial charge < -0.3 is 10.8 Å². The Morgan fingerprint density at radius 1 is 1.38 bits per heavy atom. The van der Waals surface area contributed by atoms with Crippen LogP contribution in [0.25, 0.3) is 0 Å². The predicted molar refractivity (Wildman–Crippen MR) is 69.5 cm³/mol. The first-order valence-corrected chi connectivity index (χ1v) is 6.95. The van der Waals surface area contributed by atoms with E-state index in [0.29, 0.717) is 6.54 Å². The monoisotopic (exact) mass is 237 g/mol. The Balaban J connectivity index is 2.07. The maximum Gasteiger partial charge on any atom is 0.0778 e. The number of benzene rings is 1. The Morgan fingerprint density at radius 2 is 2.19 bits per heavy atom. The van der Waals surface area contributed by atoms with Crippen LogP contribution in [0.4, 0.5) is 0 Å². The molecule has 1 atom stereocenters. The zero-order valence-electron chi connectivity index (χ0n) is 9.48. The average Bonchev–Trinajstić information content (AvgIpc) is 2.29. The largest absolute Gasteiger partial charge is 0.389 e. The minimum atomic E-state index is -0.504. The molecule has 1 fully saturated rings. The number of hydrogen-bond acceptors (Lipinski definition) is 3. The van der Waals surface area contributed by atoms with Gasteiger partial charge in [-0.25, -0.2) is 0 Å². The van der Waals surface area contributed by atoms with Crippen LogP contribution in [0.5, 0.6) is 0 Å². The van der Waals surface area contributed by atoms with Crippen molar-refractivity contribution in [2.75, 3.05) is 11.5 Å². The van der Waals surface area contributed by atoms with Crippen molar-refractivity contribution >= 4 is 11.8 Å². The molecule has 88 valence electrons. The van der Waals surface area contributed by atoms with Crippen LogP contribution >= 0.6 is 11.8 Å². The summed E-state index contributed by atoms with van der Waals surface area (Å²) in [6.45, 7) is 0.570. The molecule has 1 saturated heterocycles. The van der Waals surface area contributed by atoms with Gasteiger partial charge in [-0.05, 0) is 29.7 Å². The molecule has 0 spiro atoms. The Morgan fingerprint density at radius 3 is 2.88 bits per heavy atom. The van der Waals surface area contributed by atoms with E-state index in [9.17, 15) is 5.11 Å². The van der Waals surface area contributed by atoms with Crippen LogP contribution in [0.1, 0.15) is 24.0 Å². The summed E-state index contributed by atoms with van der Waals surface area (Å²) < 4.78 is 0. The fourth-order valence-corrected chi connectivity index (χ4v) is 3.34. The van der Waals surface area contributed by atoms with E-state index in [1.807, 2.05) is 23.9 Å². The van der Waals surface area contributed by atoms with Gasteiger partial charge in [-0.15, -0.1) is 0 Å². The molecule has 3 N–H and O–H groups in total. The van der Waals surface area contributed by atoms with Gasteiger partial charge in [0.25, 0.3) is 0 Å². The van der Waals surface area contributed by atoms with Crippen molar-refractivity contribution < 1.29 is 5.11 Å². The SMILES string of the molecule is NCc1cccc(CC2(O)CCCSC2)c1. The molecular weight excluding hydrogens is 218 g/mol. The van der Waals surface area contributed by atoms with Gasteiger partial charge in [-0.1, -0.05) is 24.3 Å². The molecule has 0 saturated carbocycles. The zero-order chi connectivity index (χ0) is 11.4. The van der Waals surface area contributed by atoms with Gasteiger partial charge in [0.15, 0.2) is 0 Å². The highest BCUT2D eigenvalue weighted by atomic mass is 32.2. The van der Waals surface area contributed by atoms with E-state index in [0.717, 1.165) is 30.6 Å². The summed E-state index contributed by atoms with van der Waals surface area (Å²) in [5.74, 6) is 2.05. The van der Waals surface area contributed by atoms with Crippen LogP contribution in [0.3, 0.4) is 0 Å². The van der Waals surface area contributed by atoms with Crippen LogP contribution < -0.4 is 5.73 Å².